The molecule has 0 saturated carbocycles. The first-order chi connectivity index (χ1) is 20.1. The van der Waals surface area contributed by atoms with E-state index in [-0.39, 0.29) is 0 Å². The monoisotopic (exact) mass is 544 g/mol. The summed E-state index contributed by atoms with van der Waals surface area (Å²) in [7, 11) is 0. The van der Waals surface area contributed by atoms with E-state index in [2.05, 4.69) is 154 Å². The van der Waals surface area contributed by atoms with Gasteiger partial charge in [-0.2, -0.15) is 0 Å². The summed E-state index contributed by atoms with van der Waals surface area (Å²) in [5, 5.41) is 2.68. The van der Waals surface area contributed by atoms with E-state index in [1.54, 1.807) is 0 Å². The lowest BCUT2D eigenvalue weighted by Crippen LogP contribution is -1.95. The van der Waals surface area contributed by atoms with Gasteiger partial charge in [-0.15, -0.1) is 11.3 Å². The molecule has 0 radical (unpaired) electrons. The van der Waals surface area contributed by atoms with Crippen molar-refractivity contribution in [2.75, 3.05) is 0 Å². The molecule has 1 heterocycles. The fourth-order valence-corrected chi connectivity index (χ4v) is 7.43. The van der Waals surface area contributed by atoms with Crippen LogP contribution in [0.5, 0.6) is 0 Å². The molecule has 6 aromatic carbocycles. The van der Waals surface area contributed by atoms with E-state index < -0.39 is 0 Å². The van der Waals surface area contributed by atoms with Crippen molar-refractivity contribution in [3.05, 3.63) is 145 Å². The number of hydrogen-bond donors (Lipinski definition) is 0. The van der Waals surface area contributed by atoms with E-state index in [1.807, 2.05) is 11.3 Å². The van der Waals surface area contributed by atoms with Crippen molar-refractivity contribution in [1.29, 1.82) is 0 Å². The van der Waals surface area contributed by atoms with Crippen molar-refractivity contribution in [3.8, 4) is 44.5 Å². The first kappa shape index (κ1) is 25.5. The van der Waals surface area contributed by atoms with E-state index in [4.69, 9.17) is 0 Å². The summed E-state index contributed by atoms with van der Waals surface area (Å²) in [4.78, 5) is 0. The average Bonchev–Trinajstić information content (AvgIpc) is 3.40. The molecule has 0 bridgehead atoms. The van der Waals surface area contributed by atoms with Gasteiger partial charge in [0.05, 0.1) is 0 Å². The van der Waals surface area contributed by atoms with E-state index in [9.17, 15) is 0 Å². The molecule has 198 valence electrons. The maximum absolute atomic E-state index is 2.35. The normalized spacial score (nSPS) is 11.5. The second-order valence-corrected chi connectivity index (χ2v) is 12.2. The van der Waals surface area contributed by atoms with Crippen molar-refractivity contribution in [1.82, 2.24) is 0 Å². The zero-order valence-corrected chi connectivity index (χ0v) is 24.5. The Bertz CT molecular complexity index is 2040. The van der Waals surface area contributed by atoms with Gasteiger partial charge in [0, 0.05) is 20.2 Å². The first-order valence-electron chi connectivity index (χ1n) is 14.4. The lowest BCUT2D eigenvalue weighted by atomic mass is 9.87. The van der Waals surface area contributed by atoms with Gasteiger partial charge in [0.15, 0.2) is 0 Å². The predicted octanol–water partition coefficient (Wildman–Crippen LogP) is 12.2. The smallest absolute Gasteiger partial charge is 0.0433 e. The summed E-state index contributed by atoms with van der Waals surface area (Å²) in [6, 6.07) is 49.0. The van der Waals surface area contributed by atoms with Crippen LogP contribution in [0.15, 0.2) is 133 Å². The van der Waals surface area contributed by atoms with Crippen LogP contribution in [0.3, 0.4) is 0 Å². The number of thiophene rings is 1. The topological polar surface area (TPSA) is 0 Å². The Morgan fingerprint density at radius 1 is 0.463 bits per heavy atom. The third kappa shape index (κ3) is 4.57. The second kappa shape index (κ2) is 10.5. The first-order valence-corrected chi connectivity index (χ1v) is 15.2. The van der Waals surface area contributed by atoms with Crippen LogP contribution in [0.1, 0.15) is 30.9 Å². The van der Waals surface area contributed by atoms with Gasteiger partial charge in [0.2, 0.25) is 0 Å². The van der Waals surface area contributed by atoms with Gasteiger partial charge in [0.25, 0.3) is 0 Å². The Morgan fingerprint density at radius 3 is 1.78 bits per heavy atom. The van der Waals surface area contributed by atoms with Crippen LogP contribution in [0.4, 0.5) is 0 Å². The molecule has 41 heavy (non-hydrogen) atoms. The zero-order valence-electron chi connectivity index (χ0n) is 23.7. The van der Waals surface area contributed by atoms with Crippen LogP contribution in [0.25, 0.3) is 64.7 Å². The lowest BCUT2D eigenvalue weighted by molar-refractivity contribution is 0.869. The SMILES string of the molecule is Cc1c(-c2cccc(-c3cccc(-c4cccc5c4sc4ccccc45)c3)c2)cccc1-c1ccccc1C(C)C. The molecule has 0 N–H and O–H groups in total. The molecule has 0 atom stereocenters. The maximum atomic E-state index is 2.35. The van der Waals surface area contributed by atoms with Crippen LogP contribution in [-0.2, 0) is 0 Å². The van der Waals surface area contributed by atoms with Gasteiger partial charge in [-0.1, -0.05) is 129 Å². The van der Waals surface area contributed by atoms with Crippen molar-refractivity contribution in [3.63, 3.8) is 0 Å². The fraction of sp³-hybridized carbons (Fsp3) is 0.100. The van der Waals surface area contributed by atoms with E-state index in [0.717, 1.165) is 0 Å². The molecule has 0 saturated heterocycles. The summed E-state index contributed by atoms with van der Waals surface area (Å²) in [6.45, 7) is 6.81. The molecular weight excluding hydrogens is 513 g/mol. The summed E-state index contributed by atoms with van der Waals surface area (Å²) < 4.78 is 2.70. The van der Waals surface area contributed by atoms with Gasteiger partial charge in [0.1, 0.15) is 0 Å². The van der Waals surface area contributed by atoms with Crippen LogP contribution in [0.2, 0.25) is 0 Å². The third-order valence-corrected chi connectivity index (χ3v) is 9.51. The van der Waals surface area contributed by atoms with Crippen LogP contribution < -0.4 is 0 Å². The number of benzene rings is 6. The maximum Gasteiger partial charge on any atom is 0.0433 e. The Balaban J connectivity index is 1.30. The highest BCUT2D eigenvalue weighted by atomic mass is 32.1. The Morgan fingerprint density at radius 2 is 1.00 bits per heavy atom. The van der Waals surface area contributed by atoms with Gasteiger partial charge in [-0.3, -0.25) is 0 Å². The van der Waals surface area contributed by atoms with Crippen molar-refractivity contribution in [2.24, 2.45) is 0 Å². The average molecular weight is 545 g/mol. The molecule has 7 aromatic rings. The lowest BCUT2D eigenvalue weighted by Gasteiger charge is -2.17. The summed E-state index contributed by atoms with van der Waals surface area (Å²) in [6.07, 6.45) is 0. The number of rotatable bonds is 5. The summed E-state index contributed by atoms with van der Waals surface area (Å²) in [5.41, 5.74) is 12.9. The van der Waals surface area contributed by atoms with Crippen molar-refractivity contribution >= 4 is 31.5 Å². The molecular formula is C40H32S. The van der Waals surface area contributed by atoms with Crippen molar-refractivity contribution in [2.45, 2.75) is 26.7 Å². The molecule has 0 spiro atoms. The minimum Gasteiger partial charge on any atom is -0.135 e. The van der Waals surface area contributed by atoms with Gasteiger partial charge < -0.3 is 0 Å². The van der Waals surface area contributed by atoms with Gasteiger partial charge in [-0.05, 0) is 86.7 Å². The minimum atomic E-state index is 0.475. The Kier molecular flexibility index (Phi) is 6.53. The molecule has 0 nitrogen and oxygen atoms in total. The molecule has 1 aromatic heterocycles. The Labute approximate surface area is 246 Å². The van der Waals surface area contributed by atoms with E-state index in [0.29, 0.717) is 5.92 Å². The molecule has 0 amide bonds. The second-order valence-electron chi connectivity index (χ2n) is 11.2. The highest BCUT2D eigenvalue weighted by Crippen LogP contribution is 2.41. The van der Waals surface area contributed by atoms with Gasteiger partial charge >= 0.3 is 0 Å². The van der Waals surface area contributed by atoms with E-state index in [1.165, 1.54) is 75.8 Å². The highest BCUT2D eigenvalue weighted by molar-refractivity contribution is 7.26. The van der Waals surface area contributed by atoms with E-state index >= 15 is 0 Å². The summed E-state index contributed by atoms with van der Waals surface area (Å²) in [5.74, 6) is 0.475. The fourth-order valence-electron chi connectivity index (χ4n) is 6.19. The highest BCUT2D eigenvalue weighted by Gasteiger charge is 2.14. The molecule has 0 aliphatic heterocycles. The molecule has 0 fully saturated rings. The largest absolute Gasteiger partial charge is 0.135 e. The minimum absolute atomic E-state index is 0.475. The Hall–Kier alpha value is -4.46. The van der Waals surface area contributed by atoms with Crippen LogP contribution >= 0.6 is 11.3 Å². The van der Waals surface area contributed by atoms with Crippen LogP contribution in [-0.4, -0.2) is 0 Å². The predicted molar refractivity (Wildman–Crippen MR) is 180 cm³/mol. The zero-order chi connectivity index (χ0) is 27.9. The molecule has 1 heteroatoms. The molecule has 7 rings (SSSR count). The number of hydrogen-bond acceptors (Lipinski definition) is 1. The van der Waals surface area contributed by atoms with Crippen LogP contribution in [0, 0.1) is 6.92 Å². The number of fused-ring (bicyclic) bond motifs is 3. The van der Waals surface area contributed by atoms with Gasteiger partial charge in [-0.25, -0.2) is 0 Å². The molecule has 0 aliphatic rings. The summed E-state index contributed by atoms with van der Waals surface area (Å²) >= 11 is 1.89. The van der Waals surface area contributed by atoms with Crippen molar-refractivity contribution < 1.29 is 0 Å². The molecule has 0 unspecified atom stereocenters. The quantitative estimate of drug-likeness (QED) is 0.202. The third-order valence-electron chi connectivity index (χ3n) is 8.29. The standard InChI is InChI=1S/C40H32S/c1-26(2)32-16-4-5-17-36(32)34-20-10-19-33(27(34)3)30-14-8-12-28(24-30)29-13-9-15-31(25-29)35-21-11-22-38-37-18-6-7-23-39(37)41-40(35)38/h4-26H,1-3H3. The molecule has 0 aliphatic carbocycles.